The zero-order valence-electron chi connectivity index (χ0n) is 19.9. The highest BCUT2D eigenvalue weighted by atomic mass is 35.5. The first-order valence-corrected chi connectivity index (χ1v) is 12.7. The number of thiophene rings is 1. The summed E-state index contributed by atoms with van der Waals surface area (Å²) in [5.41, 5.74) is 3.87. The fourth-order valence-corrected chi connectivity index (χ4v) is 5.83. The van der Waals surface area contributed by atoms with Crippen LogP contribution in [0.1, 0.15) is 33.7 Å². The third-order valence-corrected chi connectivity index (χ3v) is 7.74. The van der Waals surface area contributed by atoms with Crippen LogP contribution in [0.5, 0.6) is 0 Å². The molecule has 10 nitrogen and oxygen atoms in total. The lowest BCUT2D eigenvalue weighted by molar-refractivity contribution is 0.0832. The Labute approximate surface area is 220 Å². The number of hydrogen-bond acceptors (Lipinski definition) is 7. The molecule has 0 spiro atoms. The number of carbonyl (C=O) groups is 1. The number of tetrazole rings is 1. The maximum Gasteiger partial charge on any atom is 0.263 e. The molecule has 1 N–H and O–H groups in total. The van der Waals surface area contributed by atoms with Crippen LogP contribution in [0.2, 0.25) is 5.02 Å². The Morgan fingerprint density at radius 1 is 1.19 bits per heavy atom. The van der Waals surface area contributed by atoms with Crippen molar-refractivity contribution in [2.75, 3.05) is 14.1 Å². The van der Waals surface area contributed by atoms with Crippen LogP contribution in [-0.2, 0) is 6.42 Å². The highest BCUT2D eigenvalue weighted by molar-refractivity contribution is 7.17. The molecule has 0 saturated carbocycles. The van der Waals surface area contributed by atoms with Crippen molar-refractivity contribution in [3.8, 4) is 27.4 Å². The Morgan fingerprint density at radius 2 is 2.05 bits per heavy atom. The molecule has 1 aliphatic rings. The Bertz CT molecular complexity index is 1680. The first kappa shape index (κ1) is 23.3. The van der Waals surface area contributed by atoms with Gasteiger partial charge in [-0.2, -0.15) is 4.68 Å². The standard InChI is InChI=1S/C25H21ClN8O2S/c1-32(2)25(36)22-8-7-21(37-22)18-12-27-24(29-18)20-6-4-16-9-14(10-23(35)34(16)20)17-11-15(26)3-5-19(17)33-13-28-30-31-33/h3,5,7-13,20H,4,6H2,1-2H3,(H,27,29)/t20-/m0/s1. The smallest absolute Gasteiger partial charge is 0.263 e. The van der Waals surface area contributed by atoms with E-state index in [1.54, 1.807) is 46.6 Å². The van der Waals surface area contributed by atoms with Gasteiger partial charge in [-0.15, -0.1) is 16.4 Å². The Morgan fingerprint density at radius 3 is 2.84 bits per heavy atom. The number of carbonyl (C=O) groups excluding carboxylic acids is 1. The summed E-state index contributed by atoms with van der Waals surface area (Å²) in [6.45, 7) is 0. The molecule has 186 valence electrons. The van der Waals surface area contributed by atoms with Crippen LogP contribution >= 0.6 is 22.9 Å². The number of aryl methyl sites for hydroxylation is 1. The first-order valence-electron chi connectivity index (χ1n) is 11.5. The molecule has 6 rings (SSSR count). The highest BCUT2D eigenvalue weighted by Gasteiger charge is 2.28. The van der Waals surface area contributed by atoms with Crippen molar-refractivity contribution in [3.05, 3.63) is 86.8 Å². The molecule has 1 aromatic carbocycles. The minimum Gasteiger partial charge on any atom is -0.344 e. The third kappa shape index (κ3) is 4.15. The van der Waals surface area contributed by atoms with Gasteiger partial charge >= 0.3 is 0 Å². The average molecular weight is 533 g/mol. The number of halogens is 1. The van der Waals surface area contributed by atoms with E-state index in [1.807, 2.05) is 30.3 Å². The molecule has 12 heteroatoms. The van der Waals surface area contributed by atoms with Gasteiger partial charge in [-0.3, -0.25) is 9.59 Å². The van der Waals surface area contributed by atoms with E-state index in [2.05, 4.69) is 25.5 Å². The Kier molecular flexibility index (Phi) is 5.73. The van der Waals surface area contributed by atoms with Crippen molar-refractivity contribution in [3.63, 3.8) is 0 Å². The molecule has 0 saturated heterocycles. The van der Waals surface area contributed by atoms with Gasteiger partial charge in [0.1, 0.15) is 12.2 Å². The van der Waals surface area contributed by atoms with Crippen LogP contribution in [0.15, 0.2) is 59.8 Å². The molecule has 0 aliphatic carbocycles. The largest absolute Gasteiger partial charge is 0.344 e. The van der Waals surface area contributed by atoms with Crippen molar-refractivity contribution >= 4 is 28.8 Å². The van der Waals surface area contributed by atoms with Gasteiger partial charge in [-0.1, -0.05) is 11.6 Å². The lowest BCUT2D eigenvalue weighted by Crippen LogP contribution is -2.23. The fourth-order valence-electron chi connectivity index (χ4n) is 4.67. The molecule has 1 amide bonds. The number of aromatic amines is 1. The van der Waals surface area contributed by atoms with Crippen molar-refractivity contribution in [1.82, 2.24) is 39.6 Å². The Hall–Kier alpha value is -4.09. The van der Waals surface area contributed by atoms with E-state index in [4.69, 9.17) is 11.6 Å². The molecule has 5 heterocycles. The molecule has 0 fully saturated rings. The van der Waals surface area contributed by atoms with Crippen LogP contribution in [0, 0.1) is 0 Å². The van der Waals surface area contributed by atoms with Crippen molar-refractivity contribution in [2.45, 2.75) is 18.9 Å². The third-order valence-electron chi connectivity index (χ3n) is 6.40. The predicted molar refractivity (Wildman–Crippen MR) is 140 cm³/mol. The van der Waals surface area contributed by atoms with Crippen LogP contribution in [0.3, 0.4) is 0 Å². The van der Waals surface area contributed by atoms with Gasteiger partial charge < -0.3 is 14.5 Å². The van der Waals surface area contributed by atoms with Crippen molar-refractivity contribution < 1.29 is 4.79 Å². The summed E-state index contributed by atoms with van der Waals surface area (Å²) in [6, 6.07) is 12.6. The number of fused-ring (bicyclic) bond motifs is 1. The lowest BCUT2D eigenvalue weighted by Gasteiger charge is -2.15. The Balaban J connectivity index is 1.34. The molecule has 1 atom stereocenters. The lowest BCUT2D eigenvalue weighted by atomic mass is 10.0. The normalized spacial score (nSPS) is 14.6. The van der Waals surface area contributed by atoms with E-state index in [0.29, 0.717) is 9.90 Å². The number of rotatable bonds is 5. The number of aromatic nitrogens is 7. The summed E-state index contributed by atoms with van der Waals surface area (Å²) in [4.78, 5) is 36.8. The summed E-state index contributed by atoms with van der Waals surface area (Å²) in [6.07, 6.45) is 4.73. The number of nitrogens with one attached hydrogen (secondary N) is 1. The molecular formula is C25H21ClN8O2S. The summed E-state index contributed by atoms with van der Waals surface area (Å²) in [7, 11) is 3.46. The van der Waals surface area contributed by atoms with E-state index in [9.17, 15) is 9.59 Å². The van der Waals surface area contributed by atoms with Gasteiger partial charge in [-0.25, -0.2) is 4.98 Å². The summed E-state index contributed by atoms with van der Waals surface area (Å²) >= 11 is 7.71. The van der Waals surface area contributed by atoms with Gasteiger partial charge in [0.25, 0.3) is 11.5 Å². The summed E-state index contributed by atoms with van der Waals surface area (Å²) in [5, 5.41) is 12.0. The number of nitrogens with zero attached hydrogens (tertiary/aromatic N) is 7. The summed E-state index contributed by atoms with van der Waals surface area (Å²) < 4.78 is 3.34. The number of hydrogen-bond donors (Lipinski definition) is 1. The number of imidazole rings is 1. The SMILES string of the molecule is CN(C)C(=O)c1ccc(-c2cnc([C@@H]3CCc4cc(-c5cc(Cl)ccc5-n5cnnn5)cc(=O)n43)[nH]2)s1. The van der Waals surface area contributed by atoms with Crippen LogP contribution in [0.4, 0.5) is 0 Å². The number of benzene rings is 1. The van der Waals surface area contributed by atoms with Gasteiger partial charge in [-0.05, 0) is 65.2 Å². The van der Waals surface area contributed by atoms with Gasteiger partial charge in [0.05, 0.1) is 33.4 Å². The zero-order valence-corrected chi connectivity index (χ0v) is 21.5. The van der Waals surface area contributed by atoms with E-state index in [0.717, 1.165) is 51.7 Å². The first-order chi connectivity index (χ1) is 17.9. The number of H-pyrrole nitrogens is 1. The molecule has 37 heavy (non-hydrogen) atoms. The average Bonchev–Trinajstić information content (AvgIpc) is 3.68. The molecule has 0 unspecified atom stereocenters. The van der Waals surface area contributed by atoms with Gasteiger partial charge in [0.2, 0.25) is 0 Å². The maximum atomic E-state index is 13.4. The van der Waals surface area contributed by atoms with Gasteiger partial charge in [0.15, 0.2) is 0 Å². The highest BCUT2D eigenvalue weighted by Crippen LogP contribution is 2.35. The molecule has 5 aromatic rings. The van der Waals surface area contributed by atoms with E-state index in [1.165, 1.54) is 17.7 Å². The minimum atomic E-state index is -0.202. The van der Waals surface area contributed by atoms with Crippen molar-refractivity contribution in [1.29, 1.82) is 0 Å². The topological polar surface area (TPSA) is 115 Å². The number of amides is 1. The fraction of sp³-hybridized carbons (Fsp3) is 0.200. The quantitative estimate of drug-likeness (QED) is 0.368. The van der Waals surface area contributed by atoms with E-state index < -0.39 is 0 Å². The molecule has 0 bridgehead atoms. The minimum absolute atomic E-state index is 0.0361. The molecular weight excluding hydrogens is 512 g/mol. The second-order valence-corrected chi connectivity index (χ2v) is 10.5. The molecule has 4 aromatic heterocycles. The molecule has 1 aliphatic heterocycles. The second-order valence-electron chi connectivity index (χ2n) is 8.96. The zero-order chi connectivity index (χ0) is 25.7. The van der Waals surface area contributed by atoms with Gasteiger partial charge in [0, 0.05) is 36.4 Å². The monoisotopic (exact) mass is 532 g/mol. The molecule has 0 radical (unpaired) electrons. The number of pyridine rings is 1. The van der Waals surface area contributed by atoms with Crippen molar-refractivity contribution in [2.24, 2.45) is 0 Å². The van der Waals surface area contributed by atoms with Crippen LogP contribution in [0.25, 0.3) is 27.4 Å². The van der Waals surface area contributed by atoms with E-state index in [-0.39, 0.29) is 17.5 Å². The van der Waals surface area contributed by atoms with Crippen LogP contribution < -0.4 is 5.56 Å². The van der Waals surface area contributed by atoms with E-state index >= 15 is 0 Å². The maximum absolute atomic E-state index is 13.4. The summed E-state index contributed by atoms with van der Waals surface area (Å²) in [5.74, 6) is 0.681. The van der Waals surface area contributed by atoms with Crippen LogP contribution in [-0.4, -0.2) is 59.6 Å². The second kappa shape index (κ2) is 9.09. The predicted octanol–water partition coefficient (Wildman–Crippen LogP) is 3.83.